The van der Waals surface area contributed by atoms with Gasteiger partial charge in [0.05, 0.1) is 6.04 Å². The smallest absolute Gasteiger partial charge is 0.316 e. The van der Waals surface area contributed by atoms with E-state index in [-0.39, 0.29) is 39.9 Å². The van der Waals surface area contributed by atoms with E-state index in [0.29, 0.717) is 39.0 Å². The zero-order valence-electron chi connectivity index (χ0n) is 33.9. The molecule has 6 fully saturated rings. The third-order valence-corrected chi connectivity index (χ3v) is 15.2. The van der Waals surface area contributed by atoms with Crippen LogP contribution in [0.3, 0.4) is 0 Å². The van der Waals surface area contributed by atoms with Crippen LogP contribution in [0.4, 0.5) is 4.79 Å². The lowest BCUT2D eigenvalue weighted by molar-refractivity contribution is -0.143. The van der Waals surface area contributed by atoms with E-state index in [1.165, 1.54) is 0 Å². The Morgan fingerprint density at radius 1 is 0.833 bits per heavy atom. The number of carbonyl (C=O) groups is 6. The molecule has 0 bridgehead atoms. The van der Waals surface area contributed by atoms with Crippen LogP contribution in [0, 0.1) is 33.5 Å². The van der Waals surface area contributed by atoms with Gasteiger partial charge in [-0.2, -0.15) is 0 Å². The summed E-state index contributed by atoms with van der Waals surface area (Å²) >= 11 is 0. The summed E-state index contributed by atoms with van der Waals surface area (Å²) in [5, 5.41) is 12.3. The molecule has 2 aliphatic heterocycles. The van der Waals surface area contributed by atoms with E-state index < -0.39 is 58.7 Å². The molecule has 2 heterocycles. The van der Waals surface area contributed by atoms with E-state index in [0.717, 1.165) is 70.6 Å². The van der Waals surface area contributed by atoms with E-state index in [1.807, 2.05) is 39.5 Å². The lowest BCUT2D eigenvalue weighted by Crippen LogP contribution is -2.66. The van der Waals surface area contributed by atoms with Crippen LogP contribution >= 0.6 is 0 Å². The third kappa shape index (κ3) is 7.04. The van der Waals surface area contributed by atoms with Gasteiger partial charge in [0.1, 0.15) is 18.1 Å². The van der Waals surface area contributed by atoms with Gasteiger partial charge in [-0.25, -0.2) is 4.79 Å². The molecular weight excluding hydrogens is 686 g/mol. The van der Waals surface area contributed by atoms with Gasteiger partial charge in [-0.3, -0.25) is 24.0 Å². The van der Waals surface area contributed by atoms with Crippen LogP contribution in [-0.4, -0.2) is 101 Å². The van der Waals surface area contributed by atoms with Crippen LogP contribution in [0.5, 0.6) is 0 Å². The Balaban J connectivity index is 1.25. The predicted octanol–water partition coefficient (Wildman–Crippen LogP) is 3.39. The monoisotopic (exact) mass is 754 g/mol. The minimum absolute atomic E-state index is 0.00949. The van der Waals surface area contributed by atoms with Crippen molar-refractivity contribution in [3.05, 3.63) is 0 Å². The number of fused-ring (bicyclic) bond motifs is 1. The first-order valence-corrected chi connectivity index (χ1v) is 20.8. The van der Waals surface area contributed by atoms with Gasteiger partial charge in [0, 0.05) is 37.1 Å². The molecule has 2 saturated heterocycles. The maximum Gasteiger partial charge on any atom is 0.316 e. The number of likely N-dealkylation sites (tertiary alicyclic amines) is 1. The number of nitrogens with two attached hydrogens (primary N) is 1. The van der Waals surface area contributed by atoms with Crippen LogP contribution < -0.4 is 27.0 Å². The number of carbonyl (C=O) groups excluding carboxylic acids is 6. The average molecular weight is 754 g/mol. The van der Waals surface area contributed by atoms with Crippen molar-refractivity contribution in [1.82, 2.24) is 31.1 Å². The van der Waals surface area contributed by atoms with Gasteiger partial charge in [-0.15, -0.1) is 0 Å². The lowest BCUT2D eigenvalue weighted by atomic mass is 9.73. The highest BCUT2D eigenvalue weighted by molar-refractivity contribution is 6.37. The summed E-state index contributed by atoms with van der Waals surface area (Å²) in [6.07, 6.45) is 11.6. The van der Waals surface area contributed by atoms with Crippen molar-refractivity contribution >= 4 is 35.4 Å². The number of Topliss-reactive ketones (excluding diaryl/α,β-unsaturated/α-hetero) is 1. The van der Waals surface area contributed by atoms with Crippen molar-refractivity contribution in [2.45, 2.75) is 162 Å². The normalized spacial score (nSPS) is 29.0. The molecule has 302 valence electrons. The van der Waals surface area contributed by atoms with E-state index >= 15 is 0 Å². The van der Waals surface area contributed by atoms with Crippen molar-refractivity contribution in [3.8, 4) is 0 Å². The fourth-order valence-electron chi connectivity index (χ4n) is 11.3. The predicted molar refractivity (Wildman–Crippen MR) is 205 cm³/mol. The first-order valence-electron chi connectivity index (χ1n) is 20.8. The summed E-state index contributed by atoms with van der Waals surface area (Å²) in [5.74, 6) is -2.61. The molecule has 13 heteroatoms. The Morgan fingerprint density at radius 3 is 2.02 bits per heavy atom. The van der Waals surface area contributed by atoms with Gasteiger partial charge in [0.2, 0.25) is 23.5 Å². The van der Waals surface area contributed by atoms with Crippen molar-refractivity contribution in [3.63, 3.8) is 0 Å². The summed E-state index contributed by atoms with van der Waals surface area (Å²) < 4.78 is 0. The highest BCUT2D eigenvalue weighted by Gasteiger charge is 2.85. The minimum Gasteiger partial charge on any atom is -0.363 e. The van der Waals surface area contributed by atoms with Gasteiger partial charge < -0.3 is 36.8 Å². The second kappa shape index (κ2) is 14.7. The molecule has 6 amide bonds. The average Bonchev–Trinajstić information content (AvgIpc) is 3.27. The fraction of sp³-hybridized carbons (Fsp3) is 0.854. The standard InChI is InChI=1S/C41H67N7O6/c1-37(2,3)31(46-36(54)45-29(26-15-9-8-10-16-26)34(52)48-20-19-43-23-38(48,4)5)35(53)47-24-41(39(6,7)40(41)17-12-18-40)22-28(47)33(51)44-27(30(49)32(42)50)21-25-13-11-14-25/h25-29,31,43H,8-24H2,1-7H3,(H2,42,50)(H,44,51)(H2,45,46,54)/t27?,28-,29-,31+,41?/m0/s1. The first-order chi connectivity index (χ1) is 25.3. The number of piperazine rings is 1. The van der Waals surface area contributed by atoms with Gasteiger partial charge in [-0.05, 0) is 80.5 Å². The largest absolute Gasteiger partial charge is 0.363 e. The molecule has 6 aliphatic rings. The van der Waals surface area contributed by atoms with Gasteiger partial charge in [0.15, 0.2) is 0 Å². The number of ketones is 1. The molecule has 0 aromatic carbocycles. The van der Waals surface area contributed by atoms with E-state index in [9.17, 15) is 28.8 Å². The maximum absolute atomic E-state index is 15.0. The number of urea groups is 1. The van der Waals surface area contributed by atoms with Gasteiger partial charge in [0.25, 0.3) is 5.91 Å². The second-order valence-electron chi connectivity index (χ2n) is 19.9. The number of nitrogens with zero attached hydrogens (tertiary/aromatic N) is 2. The van der Waals surface area contributed by atoms with Gasteiger partial charge in [-0.1, -0.05) is 79.6 Å². The highest BCUT2D eigenvalue weighted by atomic mass is 16.2. The summed E-state index contributed by atoms with van der Waals surface area (Å²) in [4.78, 5) is 86.3. The van der Waals surface area contributed by atoms with Crippen molar-refractivity contribution < 1.29 is 28.8 Å². The molecule has 5 atom stereocenters. The Hall–Kier alpha value is -3.22. The molecule has 13 nitrogen and oxygen atoms in total. The fourth-order valence-corrected chi connectivity index (χ4v) is 11.3. The Morgan fingerprint density at radius 2 is 1.50 bits per heavy atom. The molecule has 0 aromatic heterocycles. The van der Waals surface area contributed by atoms with Crippen molar-refractivity contribution in [1.29, 1.82) is 0 Å². The molecule has 4 saturated carbocycles. The number of nitrogens with one attached hydrogen (secondary N) is 4. The molecule has 2 unspecified atom stereocenters. The third-order valence-electron chi connectivity index (χ3n) is 15.2. The molecule has 2 spiro atoms. The zero-order valence-corrected chi connectivity index (χ0v) is 33.9. The maximum atomic E-state index is 15.0. The number of amides is 6. The summed E-state index contributed by atoms with van der Waals surface area (Å²) in [6, 6.07) is -4.26. The van der Waals surface area contributed by atoms with E-state index in [1.54, 1.807) is 4.90 Å². The topological polar surface area (TPSA) is 183 Å². The number of primary amides is 1. The molecule has 0 aromatic rings. The van der Waals surface area contributed by atoms with Crippen molar-refractivity contribution in [2.24, 2.45) is 39.2 Å². The summed E-state index contributed by atoms with van der Waals surface area (Å²) in [7, 11) is 0. The van der Waals surface area contributed by atoms with E-state index in [2.05, 4.69) is 35.1 Å². The first kappa shape index (κ1) is 40.4. The minimum atomic E-state index is -1.08. The van der Waals surface area contributed by atoms with Crippen LogP contribution in [0.15, 0.2) is 0 Å². The van der Waals surface area contributed by atoms with Crippen LogP contribution in [0.25, 0.3) is 0 Å². The molecule has 54 heavy (non-hydrogen) atoms. The highest BCUT2D eigenvalue weighted by Crippen LogP contribution is 2.88. The van der Waals surface area contributed by atoms with E-state index in [4.69, 9.17) is 5.73 Å². The summed E-state index contributed by atoms with van der Waals surface area (Å²) in [6.45, 7) is 16.5. The van der Waals surface area contributed by atoms with Crippen LogP contribution in [0.1, 0.15) is 132 Å². The number of hydrogen-bond acceptors (Lipinski definition) is 7. The number of hydrogen-bond donors (Lipinski definition) is 5. The van der Waals surface area contributed by atoms with Crippen molar-refractivity contribution in [2.75, 3.05) is 26.2 Å². The number of rotatable bonds is 11. The summed E-state index contributed by atoms with van der Waals surface area (Å²) in [5.41, 5.74) is 3.90. The quantitative estimate of drug-likeness (QED) is 0.201. The molecule has 0 radical (unpaired) electrons. The lowest BCUT2D eigenvalue weighted by Gasteiger charge is -2.45. The second-order valence-corrected chi connectivity index (χ2v) is 19.9. The molecular formula is C41H67N7O6. The Kier molecular flexibility index (Phi) is 11.0. The van der Waals surface area contributed by atoms with Gasteiger partial charge >= 0.3 is 6.03 Å². The Bertz CT molecular complexity index is 1510. The molecule has 4 aliphatic carbocycles. The van der Waals surface area contributed by atoms with Crippen LogP contribution in [0.2, 0.25) is 0 Å². The SMILES string of the molecule is CC(C)(C)[C@H](NC(=O)N[C@H](C(=O)N1CCNCC1(C)C)C1CCCCC1)C(=O)N1CC2(C[C@H]1C(=O)NC(CC1CCC1)C(=O)C(N)=O)C(C)(C)C21CCC1. The van der Waals surface area contributed by atoms with Crippen LogP contribution in [-0.2, 0) is 24.0 Å². The molecule has 6 rings (SSSR count). The molecule has 6 N–H and O–H groups in total. The Labute approximate surface area is 321 Å². The zero-order chi connectivity index (χ0) is 39.4.